The van der Waals surface area contributed by atoms with Crippen LogP contribution in [-0.4, -0.2) is 84.4 Å². The topological polar surface area (TPSA) is 88.9 Å². The van der Waals surface area contributed by atoms with Crippen LogP contribution < -0.4 is 10.1 Å². The third-order valence-electron chi connectivity index (χ3n) is 7.13. The molecule has 0 radical (unpaired) electrons. The minimum absolute atomic E-state index is 0.0429. The average Bonchev–Trinajstić information content (AvgIpc) is 3.50. The molecule has 0 saturated carbocycles. The number of benzene rings is 1. The van der Waals surface area contributed by atoms with Crippen molar-refractivity contribution in [2.24, 2.45) is 0 Å². The highest BCUT2D eigenvalue weighted by Gasteiger charge is 2.31. The molecule has 0 aliphatic carbocycles. The number of rotatable bonds is 10. The van der Waals surface area contributed by atoms with Gasteiger partial charge in [-0.15, -0.1) is 0 Å². The highest BCUT2D eigenvalue weighted by Crippen LogP contribution is 2.24. The number of carbonyl (C=O) groups excluding carboxylic acids is 2. The Labute approximate surface area is 207 Å². The molecule has 1 aromatic carbocycles. The van der Waals surface area contributed by atoms with Gasteiger partial charge in [0.25, 0.3) is 5.91 Å². The van der Waals surface area contributed by atoms with Gasteiger partial charge in [0.2, 0.25) is 5.91 Å². The van der Waals surface area contributed by atoms with Crippen molar-refractivity contribution < 1.29 is 19.1 Å². The number of methoxy groups -OCH3 is 2. The molecule has 0 unspecified atom stereocenters. The minimum atomic E-state index is -0.162. The van der Waals surface area contributed by atoms with Crippen LogP contribution in [-0.2, 0) is 35.5 Å². The van der Waals surface area contributed by atoms with E-state index in [1.165, 1.54) is 6.42 Å². The van der Waals surface area contributed by atoms with Gasteiger partial charge in [0.1, 0.15) is 5.75 Å². The van der Waals surface area contributed by atoms with Gasteiger partial charge in [-0.25, -0.2) is 0 Å². The molecule has 35 heavy (non-hydrogen) atoms. The van der Waals surface area contributed by atoms with Crippen LogP contribution in [0.3, 0.4) is 0 Å². The van der Waals surface area contributed by atoms with Crippen LogP contribution in [0.25, 0.3) is 0 Å². The molecule has 3 heterocycles. The van der Waals surface area contributed by atoms with E-state index in [0.717, 1.165) is 42.1 Å². The van der Waals surface area contributed by atoms with Gasteiger partial charge in [0, 0.05) is 50.5 Å². The largest absolute Gasteiger partial charge is 0.497 e. The number of fused-ring (bicyclic) bond motifs is 1. The van der Waals surface area contributed by atoms with E-state index in [0.29, 0.717) is 57.4 Å². The molecule has 2 amide bonds. The molecular formula is C26H37N5O4. The van der Waals surface area contributed by atoms with E-state index >= 15 is 0 Å². The standard InChI is InChI=1S/C26H37N5O4/c1-4-29-12-5-6-20(29)17-27-26(33)25-22-18-30(13-11-23(22)31(28-25)14-15-34-2)24(32)16-19-7-9-21(35-3)10-8-19/h7-10,20H,4-6,11-18H2,1-3H3,(H,27,33)/t20-/m0/s1. The Hall–Kier alpha value is -2.91. The maximum atomic E-state index is 13.2. The summed E-state index contributed by atoms with van der Waals surface area (Å²) >= 11 is 0. The van der Waals surface area contributed by atoms with E-state index in [-0.39, 0.29) is 11.8 Å². The van der Waals surface area contributed by atoms with Gasteiger partial charge in [-0.2, -0.15) is 5.10 Å². The van der Waals surface area contributed by atoms with Gasteiger partial charge < -0.3 is 19.7 Å². The summed E-state index contributed by atoms with van der Waals surface area (Å²) in [6.07, 6.45) is 3.25. The zero-order valence-corrected chi connectivity index (χ0v) is 21.1. The second-order valence-corrected chi connectivity index (χ2v) is 9.21. The van der Waals surface area contributed by atoms with Crippen LogP contribution in [0.2, 0.25) is 0 Å². The lowest BCUT2D eigenvalue weighted by Gasteiger charge is -2.28. The molecule has 1 atom stereocenters. The molecule has 1 fully saturated rings. The van der Waals surface area contributed by atoms with Crippen LogP contribution in [0.1, 0.15) is 47.1 Å². The fourth-order valence-electron chi connectivity index (χ4n) is 5.12. The zero-order chi connectivity index (χ0) is 24.8. The monoisotopic (exact) mass is 483 g/mol. The Bertz CT molecular complexity index is 1020. The first-order chi connectivity index (χ1) is 17.0. The Morgan fingerprint density at radius 2 is 1.97 bits per heavy atom. The van der Waals surface area contributed by atoms with Crippen LogP contribution in [0.4, 0.5) is 0 Å². The van der Waals surface area contributed by atoms with E-state index < -0.39 is 0 Å². The maximum absolute atomic E-state index is 13.2. The van der Waals surface area contributed by atoms with Gasteiger partial charge in [0.05, 0.1) is 26.7 Å². The lowest BCUT2D eigenvalue weighted by molar-refractivity contribution is -0.131. The molecule has 9 heteroatoms. The molecule has 0 spiro atoms. The third-order valence-corrected chi connectivity index (χ3v) is 7.13. The summed E-state index contributed by atoms with van der Waals surface area (Å²) in [5.41, 5.74) is 3.25. The highest BCUT2D eigenvalue weighted by atomic mass is 16.5. The van der Waals surface area contributed by atoms with Gasteiger partial charge >= 0.3 is 0 Å². The Morgan fingerprint density at radius 1 is 1.17 bits per heavy atom. The van der Waals surface area contributed by atoms with E-state index in [1.54, 1.807) is 14.2 Å². The number of likely N-dealkylation sites (N-methyl/N-ethyl adjacent to an activating group) is 1. The predicted molar refractivity (Wildman–Crippen MR) is 133 cm³/mol. The van der Waals surface area contributed by atoms with Crippen molar-refractivity contribution in [2.75, 3.05) is 47.0 Å². The van der Waals surface area contributed by atoms with Crippen molar-refractivity contribution in [3.8, 4) is 5.75 Å². The molecule has 0 bridgehead atoms. The summed E-state index contributed by atoms with van der Waals surface area (Å²) in [6.45, 7) is 6.95. The van der Waals surface area contributed by atoms with Crippen LogP contribution >= 0.6 is 0 Å². The molecule has 9 nitrogen and oxygen atoms in total. The summed E-state index contributed by atoms with van der Waals surface area (Å²) in [5, 5.41) is 7.79. The van der Waals surface area contributed by atoms with E-state index in [1.807, 2.05) is 33.8 Å². The number of nitrogens with one attached hydrogen (secondary N) is 1. The van der Waals surface area contributed by atoms with Crippen LogP contribution in [0, 0.1) is 0 Å². The molecule has 1 N–H and O–H groups in total. The van der Waals surface area contributed by atoms with Gasteiger partial charge in [-0.3, -0.25) is 19.2 Å². The van der Waals surface area contributed by atoms with Crippen molar-refractivity contribution in [1.82, 2.24) is 24.9 Å². The Morgan fingerprint density at radius 3 is 2.69 bits per heavy atom. The summed E-state index contributed by atoms with van der Waals surface area (Å²) in [4.78, 5) is 30.6. The van der Waals surface area contributed by atoms with Crippen molar-refractivity contribution >= 4 is 11.8 Å². The van der Waals surface area contributed by atoms with Crippen molar-refractivity contribution in [2.45, 2.75) is 51.7 Å². The second kappa shape index (κ2) is 11.7. The van der Waals surface area contributed by atoms with Crippen molar-refractivity contribution in [1.29, 1.82) is 0 Å². The molecule has 2 aliphatic heterocycles. The molecular weight excluding hydrogens is 446 g/mol. The third kappa shape index (κ3) is 5.85. The normalized spacial score (nSPS) is 17.9. The smallest absolute Gasteiger partial charge is 0.272 e. The molecule has 190 valence electrons. The molecule has 1 aromatic heterocycles. The first-order valence-corrected chi connectivity index (χ1v) is 12.5. The van der Waals surface area contributed by atoms with E-state index in [9.17, 15) is 9.59 Å². The van der Waals surface area contributed by atoms with Crippen molar-refractivity contribution in [3.63, 3.8) is 0 Å². The minimum Gasteiger partial charge on any atom is -0.497 e. The number of aromatic nitrogens is 2. The molecule has 1 saturated heterocycles. The Kier molecular flexibility index (Phi) is 8.41. The first-order valence-electron chi connectivity index (χ1n) is 12.5. The quantitative estimate of drug-likeness (QED) is 0.555. The van der Waals surface area contributed by atoms with Crippen molar-refractivity contribution in [3.05, 3.63) is 46.8 Å². The molecule has 2 aliphatic rings. The van der Waals surface area contributed by atoms with Gasteiger partial charge in [-0.1, -0.05) is 19.1 Å². The number of amides is 2. The SMILES string of the molecule is CCN1CCC[C@H]1CNC(=O)c1nn(CCOC)c2c1CN(C(=O)Cc1ccc(OC)cc1)CC2. The fourth-order valence-corrected chi connectivity index (χ4v) is 5.12. The van der Waals surface area contributed by atoms with Crippen LogP contribution in [0.15, 0.2) is 24.3 Å². The number of carbonyl (C=O) groups is 2. The summed E-state index contributed by atoms with van der Waals surface area (Å²) in [7, 11) is 3.28. The second-order valence-electron chi connectivity index (χ2n) is 9.21. The summed E-state index contributed by atoms with van der Waals surface area (Å²) in [6, 6.07) is 7.93. The lowest BCUT2D eigenvalue weighted by Crippen LogP contribution is -2.41. The number of nitrogens with zero attached hydrogens (tertiary/aromatic N) is 4. The fraction of sp³-hybridized carbons (Fsp3) is 0.577. The van der Waals surface area contributed by atoms with E-state index in [4.69, 9.17) is 9.47 Å². The number of hydrogen-bond donors (Lipinski definition) is 1. The Balaban J connectivity index is 1.47. The predicted octanol–water partition coefficient (Wildman–Crippen LogP) is 1.88. The number of ether oxygens (including phenoxy) is 2. The van der Waals surface area contributed by atoms with Gasteiger partial charge in [-0.05, 0) is 43.6 Å². The molecule has 4 rings (SSSR count). The maximum Gasteiger partial charge on any atom is 0.272 e. The highest BCUT2D eigenvalue weighted by molar-refractivity contribution is 5.94. The summed E-state index contributed by atoms with van der Waals surface area (Å²) < 4.78 is 12.3. The number of likely N-dealkylation sites (tertiary alicyclic amines) is 1. The van der Waals surface area contributed by atoms with Crippen LogP contribution in [0.5, 0.6) is 5.75 Å². The molecule has 2 aromatic rings. The van der Waals surface area contributed by atoms with E-state index in [2.05, 4.69) is 22.2 Å². The number of hydrogen-bond acceptors (Lipinski definition) is 6. The first kappa shape index (κ1) is 25.2. The zero-order valence-electron chi connectivity index (χ0n) is 21.1. The average molecular weight is 484 g/mol. The van der Waals surface area contributed by atoms with Gasteiger partial charge in [0.15, 0.2) is 5.69 Å². The summed E-state index contributed by atoms with van der Waals surface area (Å²) in [5.74, 6) is 0.647. The lowest BCUT2D eigenvalue weighted by atomic mass is 10.0.